The Balaban J connectivity index is 2.01. The summed E-state index contributed by atoms with van der Waals surface area (Å²) in [6, 6.07) is 8.20. The molecule has 0 radical (unpaired) electrons. The number of para-hydroxylation sites is 1. The number of nitrogens with zero attached hydrogens (tertiary/aromatic N) is 1. The van der Waals surface area contributed by atoms with E-state index in [1.807, 2.05) is 11.4 Å². The highest BCUT2D eigenvalue weighted by Gasteiger charge is 2.08. The molecule has 18 heavy (non-hydrogen) atoms. The number of amides is 1. The van der Waals surface area contributed by atoms with Crippen LogP contribution in [-0.2, 0) is 0 Å². The molecule has 2 N–H and O–H groups in total. The summed E-state index contributed by atoms with van der Waals surface area (Å²) in [5, 5.41) is 15.2. The summed E-state index contributed by atoms with van der Waals surface area (Å²) in [6.45, 7) is 0. The van der Waals surface area contributed by atoms with E-state index in [1.165, 1.54) is 23.5 Å². The fourth-order valence-corrected chi connectivity index (χ4v) is 2.58. The average Bonchev–Trinajstić information content (AvgIpc) is 2.75. The van der Waals surface area contributed by atoms with Gasteiger partial charge in [0.1, 0.15) is 5.75 Å². The number of rotatable bonds is 3. The smallest absolute Gasteiger partial charge is 0.275 e. The highest BCUT2D eigenvalue weighted by molar-refractivity contribution is 9.10. The molecule has 0 saturated carbocycles. The van der Waals surface area contributed by atoms with Crippen molar-refractivity contribution in [3.8, 4) is 5.75 Å². The number of carbonyl (C=O) groups is 1. The normalized spacial score (nSPS) is 10.7. The van der Waals surface area contributed by atoms with Crippen LogP contribution in [0, 0.1) is 0 Å². The minimum absolute atomic E-state index is 0.0657. The van der Waals surface area contributed by atoms with Crippen molar-refractivity contribution in [2.45, 2.75) is 0 Å². The second-order valence-corrected chi connectivity index (χ2v) is 5.24. The van der Waals surface area contributed by atoms with E-state index in [2.05, 4.69) is 26.5 Å². The quantitative estimate of drug-likeness (QED) is 0.673. The second kappa shape index (κ2) is 5.79. The molecule has 0 spiro atoms. The number of phenols is 1. The van der Waals surface area contributed by atoms with Crippen molar-refractivity contribution in [3.05, 3.63) is 50.6 Å². The second-order valence-electron chi connectivity index (χ2n) is 3.38. The highest BCUT2D eigenvalue weighted by Crippen LogP contribution is 2.18. The van der Waals surface area contributed by atoms with Crippen molar-refractivity contribution in [2.24, 2.45) is 5.10 Å². The highest BCUT2D eigenvalue weighted by atomic mass is 79.9. The molecule has 0 bridgehead atoms. The van der Waals surface area contributed by atoms with Gasteiger partial charge in [0.05, 0.1) is 11.8 Å². The van der Waals surface area contributed by atoms with Crippen LogP contribution >= 0.6 is 27.3 Å². The Morgan fingerprint density at radius 1 is 1.44 bits per heavy atom. The molecule has 6 heteroatoms. The molecule has 2 rings (SSSR count). The van der Waals surface area contributed by atoms with Crippen molar-refractivity contribution in [1.82, 2.24) is 5.43 Å². The maximum absolute atomic E-state index is 11.7. The maximum Gasteiger partial charge on any atom is 0.275 e. The van der Waals surface area contributed by atoms with Gasteiger partial charge in [0, 0.05) is 14.7 Å². The Morgan fingerprint density at radius 3 is 2.89 bits per heavy atom. The molecule has 2 aromatic rings. The van der Waals surface area contributed by atoms with E-state index < -0.39 is 5.91 Å². The summed E-state index contributed by atoms with van der Waals surface area (Å²) >= 11 is 4.83. The summed E-state index contributed by atoms with van der Waals surface area (Å²) in [5.41, 5.74) is 2.56. The van der Waals surface area contributed by atoms with E-state index in [0.717, 1.165) is 9.35 Å². The predicted molar refractivity (Wildman–Crippen MR) is 75.2 cm³/mol. The van der Waals surface area contributed by atoms with Crippen LogP contribution in [0.5, 0.6) is 5.75 Å². The molecular formula is C12H9BrN2O2S. The van der Waals surface area contributed by atoms with Crippen LogP contribution in [0.4, 0.5) is 0 Å². The number of hydrogen-bond acceptors (Lipinski definition) is 4. The lowest BCUT2D eigenvalue weighted by Gasteiger charge is -2.01. The van der Waals surface area contributed by atoms with E-state index in [9.17, 15) is 9.90 Å². The van der Waals surface area contributed by atoms with E-state index in [0.29, 0.717) is 0 Å². The minimum atomic E-state index is -0.444. The molecule has 1 amide bonds. The molecular weight excluding hydrogens is 316 g/mol. The van der Waals surface area contributed by atoms with Crippen molar-refractivity contribution >= 4 is 39.4 Å². The van der Waals surface area contributed by atoms with E-state index in [1.54, 1.807) is 18.3 Å². The van der Waals surface area contributed by atoms with E-state index >= 15 is 0 Å². The van der Waals surface area contributed by atoms with Crippen LogP contribution in [0.25, 0.3) is 0 Å². The molecule has 0 aliphatic carbocycles. The first-order chi connectivity index (χ1) is 8.66. The molecule has 1 heterocycles. The van der Waals surface area contributed by atoms with Gasteiger partial charge in [0.25, 0.3) is 5.91 Å². The fraction of sp³-hybridized carbons (Fsp3) is 0. The van der Waals surface area contributed by atoms with Crippen LogP contribution in [-0.4, -0.2) is 17.2 Å². The number of thiophene rings is 1. The average molecular weight is 325 g/mol. The van der Waals surface area contributed by atoms with Gasteiger partial charge < -0.3 is 5.11 Å². The van der Waals surface area contributed by atoms with Gasteiger partial charge in [-0.3, -0.25) is 4.79 Å². The number of benzene rings is 1. The number of phenolic OH excluding ortho intramolecular Hbond substituents is 1. The van der Waals surface area contributed by atoms with Gasteiger partial charge in [0.15, 0.2) is 0 Å². The number of aromatic hydroxyl groups is 1. The molecule has 0 unspecified atom stereocenters. The largest absolute Gasteiger partial charge is 0.507 e. The van der Waals surface area contributed by atoms with Crippen LogP contribution in [0.3, 0.4) is 0 Å². The topological polar surface area (TPSA) is 61.7 Å². The summed E-state index contributed by atoms with van der Waals surface area (Å²) in [6.07, 6.45) is 1.55. The first kappa shape index (κ1) is 12.8. The summed E-state index contributed by atoms with van der Waals surface area (Å²) in [7, 11) is 0. The molecule has 92 valence electrons. The molecule has 0 saturated heterocycles. The van der Waals surface area contributed by atoms with Gasteiger partial charge in [-0.1, -0.05) is 12.1 Å². The lowest BCUT2D eigenvalue weighted by molar-refractivity contribution is 0.0952. The molecule has 0 aliphatic rings. The summed E-state index contributed by atoms with van der Waals surface area (Å²) in [4.78, 5) is 12.6. The van der Waals surface area contributed by atoms with Gasteiger partial charge in [0.2, 0.25) is 0 Å². The third-order valence-corrected chi connectivity index (χ3v) is 3.72. The van der Waals surface area contributed by atoms with E-state index in [4.69, 9.17) is 0 Å². The van der Waals surface area contributed by atoms with Gasteiger partial charge in [-0.05, 0) is 34.1 Å². The van der Waals surface area contributed by atoms with Crippen molar-refractivity contribution in [2.75, 3.05) is 0 Å². The van der Waals surface area contributed by atoms with Crippen molar-refractivity contribution in [3.63, 3.8) is 0 Å². The van der Waals surface area contributed by atoms with Crippen molar-refractivity contribution < 1.29 is 9.90 Å². The van der Waals surface area contributed by atoms with Gasteiger partial charge in [-0.15, -0.1) is 11.3 Å². The Bertz CT molecular complexity index is 595. The van der Waals surface area contributed by atoms with Crippen LogP contribution in [0.15, 0.2) is 45.3 Å². The Morgan fingerprint density at radius 2 is 2.22 bits per heavy atom. The van der Waals surface area contributed by atoms with Crippen LogP contribution < -0.4 is 5.43 Å². The zero-order chi connectivity index (χ0) is 13.0. The Kier molecular flexibility index (Phi) is 4.11. The third kappa shape index (κ3) is 3.18. The molecule has 0 fully saturated rings. The van der Waals surface area contributed by atoms with Crippen molar-refractivity contribution in [1.29, 1.82) is 0 Å². The van der Waals surface area contributed by atoms with Gasteiger partial charge in [-0.2, -0.15) is 5.10 Å². The Labute approximate surface area is 116 Å². The molecule has 1 aromatic carbocycles. The maximum atomic E-state index is 11.7. The SMILES string of the molecule is O=C(N/N=C/c1cc(Br)cs1)c1ccccc1O. The number of hydrazone groups is 1. The standard InChI is InChI=1S/C12H9BrN2O2S/c13-8-5-9(18-7-8)6-14-15-12(17)10-3-1-2-4-11(10)16/h1-7,16H,(H,15,17)/b14-6+. The molecule has 1 aromatic heterocycles. The summed E-state index contributed by atoms with van der Waals surface area (Å²) < 4.78 is 0.973. The molecule has 0 atom stereocenters. The lowest BCUT2D eigenvalue weighted by atomic mass is 10.2. The number of hydrogen-bond donors (Lipinski definition) is 2. The minimum Gasteiger partial charge on any atom is -0.507 e. The molecule has 0 aliphatic heterocycles. The molecule has 4 nitrogen and oxygen atoms in total. The first-order valence-electron chi connectivity index (χ1n) is 5.02. The fourth-order valence-electron chi connectivity index (χ4n) is 1.28. The predicted octanol–water partition coefficient (Wildman–Crippen LogP) is 2.98. The van der Waals surface area contributed by atoms with Crippen LogP contribution in [0.2, 0.25) is 0 Å². The monoisotopic (exact) mass is 324 g/mol. The first-order valence-corrected chi connectivity index (χ1v) is 6.69. The zero-order valence-electron chi connectivity index (χ0n) is 9.13. The summed E-state index contributed by atoms with van der Waals surface area (Å²) in [5.74, 6) is -0.510. The van der Waals surface area contributed by atoms with Gasteiger partial charge >= 0.3 is 0 Å². The lowest BCUT2D eigenvalue weighted by Crippen LogP contribution is -2.17. The number of halogens is 1. The number of nitrogens with one attached hydrogen (secondary N) is 1. The Hall–Kier alpha value is -1.66. The zero-order valence-corrected chi connectivity index (χ0v) is 11.5. The van der Waals surface area contributed by atoms with E-state index in [-0.39, 0.29) is 11.3 Å². The third-order valence-electron chi connectivity index (χ3n) is 2.09. The number of carbonyl (C=O) groups excluding carboxylic acids is 1. The van der Waals surface area contributed by atoms with Crippen LogP contribution in [0.1, 0.15) is 15.2 Å². The van der Waals surface area contributed by atoms with Gasteiger partial charge in [-0.25, -0.2) is 5.43 Å².